The van der Waals surface area contributed by atoms with Gasteiger partial charge in [0, 0.05) is 12.1 Å². The molecule has 5 unspecified atom stereocenters. The van der Waals surface area contributed by atoms with Crippen LogP contribution in [0.4, 0.5) is 0 Å². The van der Waals surface area contributed by atoms with E-state index < -0.39 is 0 Å². The number of fused-ring (bicyclic) bond motifs is 2. The van der Waals surface area contributed by atoms with Gasteiger partial charge in [0.15, 0.2) is 0 Å². The molecule has 3 N–H and O–H groups in total. The molecule has 2 fully saturated rings. The van der Waals surface area contributed by atoms with Crippen LogP contribution < -0.4 is 20.5 Å². The molecule has 23 heavy (non-hydrogen) atoms. The molecule has 0 heterocycles. The number of rotatable bonds is 6. The van der Waals surface area contributed by atoms with Crippen LogP contribution in [0, 0.1) is 17.8 Å². The van der Waals surface area contributed by atoms with Crippen molar-refractivity contribution < 1.29 is 14.3 Å². The van der Waals surface area contributed by atoms with Crippen molar-refractivity contribution in [3.8, 4) is 11.5 Å². The number of nitrogens with one attached hydrogen (secondary N) is 1. The summed E-state index contributed by atoms with van der Waals surface area (Å²) < 4.78 is 11.0. The fourth-order valence-electron chi connectivity index (χ4n) is 4.04. The van der Waals surface area contributed by atoms with Gasteiger partial charge in [-0.05, 0) is 50.2 Å². The number of carbonyl (C=O) groups excluding carboxylic acids is 1. The maximum atomic E-state index is 12.4. The summed E-state index contributed by atoms with van der Waals surface area (Å²) in [4.78, 5) is 12.4. The highest BCUT2D eigenvalue weighted by atomic mass is 16.5. The quantitative estimate of drug-likeness (QED) is 0.841. The highest BCUT2D eigenvalue weighted by Crippen LogP contribution is 2.47. The van der Waals surface area contributed by atoms with Crippen LogP contribution in [-0.2, 0) is 4.79 Å². The Kier molecular flexibility index (Phi) is 4.76. The lowest BCUT2D eigenvalue weighted by Crippen LogP contribution is -2.47. The number of methoxy groups -OCH3 is 1. The second-order valence-corrected chi connectivity index (χ2v) is 6.79. The van der Waals surface area contributed by atoms with Crippen LogP contribution in [0.5, 0.6) is 11.5 Å². The largest absolute Gasteiger partial charge is 0.497 e. The average molecular weight is 318 g/mol. The van der Waals surface area contributed by atoms with Gasteiger partial charge in [-0.1, -0.05) is 6.07 Å². The van der Waals surface area contributed by atoms with Crippen LogP contribution in [0.1, 0.15) is 26.2 Å². The zero-order valence-electron chi connectivity index (χ0n) is 13.8. The van der Waals surface area contributed by atoms with E-state index in [2.05, 4.69) is 5.32 Å². The molecule has 126 valence electrons. The maximum Gasteiger partial charge on any atom is 0.225 e. The Morgan fingerprint density at radius 1 is 1.35 bits per heavy atom. The summed E-state index contributed by atoms with van der Waals surface area (Å²) in [6, 6.07) is 7.50. The first kappa shape index (κ1) is 16.1. The summed E-state index contributed by atoms with van der Waals surface area (Å²) in [6.07, 6.45) is 3.34. The summed E-state index contributed by atoms with van der Waals surface area (Å²) in [5.74, 6) is 2.59. The van der Waals surface area contributed by atoms with E-state index in [1.165, 1.54) is 6.42 Å². The van der Waals surface area contributed by atoms with Crippen molar-refractivity contribution in [3.63, 3.8) is 0 Å². The minimum absolute atomic E-state index is 0.0160. The van der Waals surface area contributed by atoms with Crippen LogP contribution in [0.2, 0.25) is 0 Å². The molecular formula is C18H26N2O3. The molecule has 5 heteroatoms. The molecule has 0 radical (unpaired) electrons. The summed E-state index contributed by atoms with van der Waals surface area (Å²) in [7, 11) is 1.63. The monoisotopic (exact) mass is 318 g/mol. The van der Waals surface area contributed by atoms with Crippen LogP contribution in [0.3, 0.4) is 0 Å². The Labute approximate surface area is 137 Å². The molecule has 1 amide bonds. The van der Waals surface area contributed by atoms with Crippen LogP contribution in [0.15, 0.2) is 24.3 Å². The number of benzene rings is 1. The minimum Gasteiger partial charge on any atom is -0.497 e. The van der Waals surface area contributed by atoms with Gasteiger partial charge in [-0.25, -0.2) is 0 Å². The molecule has 2 aliphatic carbocycles. The van der Waals surface area contributed by atoms with Crippen molar-refractivity contribution in [1.82, 2.24) is 5.32 Å². The van der Waals surface area contributed by atoms with Gasteiger partial charge in [0.25, 0.3) is 0 Å². The average Bonchev–Trinajstić information content (AvgIpc) is 3.14. The fraction of sp³-hybridized carbons (Fsp3) is 0.611. The fourth-order valence-corrected chi connectivity index (χ4v) is 4.04. The number of amides is 1. The van der Waals surface area contributed by atoms with E-state index in [0.717, 1.165) is 24.3 Å². The van der Waals surface area contributed by atoms with Crippen molar-refractivity contribution in [1.29, 1.82) is 0 Å². The van der Waals surface area contributed by atoms with Gasteiger partial charge in [0.1, 0.15) is 17.6 Å². The van der Waals surface area contributed by atoms with Gasteiger partial charge in [-0.3, -0.25) is 4.79 Å². The van der Waals surface area contributed by atoms with E-state index in [0.29, 0.717) is 18.4 Å². The molecule has 0 aliphatic heterocycles. The molecule has 0 spiro atoms. The smallest absolute Gasteiger partial charge is 0.225 e. The van der Waals surface area contributed by atoms with Crippen molar-refractivity contribution in [2.24, 2.45) is 23.5 Å². The second-order valence-electron chi connectivity index (χ2n) is 6.79. The van der Waals surface area contributed by atoms with E-state index >= 15 is 0 Å². The van der Waals surface area contributed by atoms with Crippen LogP contribution in [-0.4, -0.2) is 31.7 Å². The van der Waals surface area contributed by atoms with E-state index in [9.17, 15) is 4.79 Å². The normalized spacial score (nSPS) is 30.0. The van der Waals surface area contributed by atoms with Crippen LogP contribution in [0.25, 0.3) is 0 Å². The summed E-state index contributed by atoms with van der Waals surface area (Å²) in [5.41, 5.74) is 6.22. The zero-order valence-corrected chi connectivity index (χ0v) is 13.8. The number of hydrogen-bond acceptors (Lipinski definition) is 4. The SMILES string of the molecule is COc1cccc(OC(C)CNC(=O)C2C3CCC(C3)C2N)c1. The van der Waals surface area contributed by atoms with Crippen LogP contribution >= 0.6 is 0 Å². The predicted octanol–water partition coefficient (Wildman–Crippen LogP) is 1.95. The van der Waals surface area contributed by atoms with Gasteiger partial charge in [0.05, 0.1) is 19.6 Å². The molecule has 2 saturated carbocycles. The Morgan fingerprint density at radius 2 is 2.09 bits per heavy atom. The zero-order chi connectivity index (χ0) is 16.4. The third kappa shape index (κ3) is 3.44. The molecule has 2 aliphatic rings. The van der Waals surface area contributed by atoms with Gasteiger partial charge < -0.3 is 20.5 Å². The minimum atomic E-state index is -0.110. The predicted molar refractivity (Wildman–Crippen MR) is 88.4 cm³/mol. The topological polar surface area (TPSA) is 73.6 Å². The Balaban J connectivity index is 1.49. The first-order chi connectivity index (χ1) is 11.1. The van der Waals surface area contributed by atoms with E-state index in [-0.39, 0.29) is 24.0 Å². The second kappa shape index (κ2) is 6.79. The number of ether oxygens (including phenoxy) is 2. The summed E-state index contributed by atoms with van der Waals surface area (Å²) in [6.45, 7) is 2.43. The van der Waals surface area contributed by atoms with Gasteiger partial charge in [-0.2, -0.15) is 0 Å². The lowest BCUT2D eigenvalue weighted by Gasteiger charge is -2.27. The highest BCUT2D eigenvalue weighted by molar-refractivity contribution is 5.80. The molecule has 0 saturated heterocycles. The molecule has 1 aromatic carbocycles. The first-order valence-corrected chi connectivity index (χ1v) is 8.42. The molecule has 0 aromatic heterocycles. The third-order valence-corrected chi connectivity index (χ3v) is 5.23. The molecule has 2 bridgehead atoms. The maximum absolute atomic E-state index is 12.4. The Bertz CT molecular complexity index is 561. The highest BCUT2D eigenvalue weighted by Gasteiger charge is 2.48. The summed E-state index contributed by atoms with van der Waals surface area (Å²) in [5, 5.41) is 3.01. The first-order valence-electron chi connectivity index (χ1n) is 8.42. The molecule has 1 aromatic rings. The van der Waals surface area contributed by atoms with E-state index in [1.54, 1.807) is 7.11 Å². The third-order valence-electron chi connectivity index (χ3n) is 5.23. The van der Waals surface area contributed by atoms with Gasteiger partial charge in [-0.15, -0.1) is 0 Å². The van der Waals surface area contributed by atoms with Crippen molar-refractivity contribution >= 4 is 5.91 Å². The number of hydrogen-bond donors (Lipinski definition) is 2. The molecule has 3 rings (SSSR count). The van der Waals surface area contributed by atoms with E-state index in [4.69, 9.17) is 15.2 Å². The van der Waals surface area contributed by atoms with Gasteiger partial charge in [0.2, 0.25) is 5.91 Å². The summed E-state index contributed by atoms with van der Waals surface area (Å²) >= 11 is 0. The standard InChI is InChI=1S/C18H26N2O3/c1-11(23-15-5-3-4-14(9-15)22-2)10-20-18(21)16-12-6-7-13(8-12)17(16)19/h3-5,9,11-13,16-17H,6-8,10,19H2,1-2H3,(H,20,21). The van der Waals surface area contributed by atoms with Crippen molar-refractivity contribution in [3.05, 3.63) is 24.3 Å². The molecule has 5 atom stereocenters. The van der Waals surface area contributed by atoms with Crippen molar-refractivity contribution in [2.75, 3.05) is 13.7 Å². The van der Waals surface area contributed by atoms with Gasteiger partial charge >= 0.3 is 0 Å². The Morgan fingerprint density at radius 3 is 2.78 bits per heavy atom. The van der Waals surface area contributed by atoms with Crippen molar-refractivity contribution in [2.45, 2.75) is 38.3 Å². The number of carbonyl (C=O) groups is 1. The number of nitrogens with two attached hydrogens (primary N) is 1. The van der Waals surface area contributed by atoms with E-state index in [1.807, 2.05) is 31.2 Å². The lowest BCUT2D eigenvalue weighted by atomic mass is 9.84. The Hall–Kier alpha value is -1.75. The lowest BCUT2D eigenvalue weighted by molar-refractivity contribution is -0.127. The molecule has 5 nitrogen and oxygen atoms in total. The molecular weight excluding hydrogens is 292 g/mol.